The number of halogens is 2. The van der Waals surface area contributed by atoms with Crippen LogP contribution in [-0.4, -0.2) is 53.8 Å². The number of hydroxylamine groups is 2. The molecule has 0 saturated carbocycles. The molecule has 0 spiro atoms. The maximum Gasteiger partial charge on any atom is 0.477 e. The van der Waals surface area contributed by atoms with E-state index in [4.69, 9.17) is 0 Å². The third-order valence-corrected chi connectivity index (χ3v) is 2.91. The van der Waals surface area contributed by atoms with E-state index in [0.717, 1.165) is 6.42 Å². The van der Waals surface area contributed by atoms with E-state index in [-0.39, 0.29) is 6.61 Å². The summed E-state index contributed by atoms with van der Waals surface area (Å²) in [6, 6.07) is -1.05. The number of hydrogen-bond acceptors (Lipinski definition) is 4. The minimum absolute atomic E-state index is 0.179. The maximum absolute atomic E-state index is 13.4. The smallest absolute Gasteiger partial charge is 0.460 e. The van der Waals surface area contributed by atoms with Crippen LogP contribution in [0.2, 0.25) is 0 Å². The summed E-state index contributed by atoms with van der Waals surface area (Å²) in [5.74, 6) is -1.78. The molecule has 0 aromatic rings. The Morgan fingerprint density at radius 2 is 2.28 bits per heavy atom. The van der Waals surface area contributed by atoms with Crippen LogP contribution < -0.4 is 0 Å². The normalized spacial score (nSPS) is 23.5. The van der Waals surface area contributed by atoms with Gasteiger partial charge in [-0.1, -0.05) is 0 Å². The van der Waals surface area contributed by atoms with Crippen LogP contribution >= 0.6 is 0 Å². The number of piperidine rings is 1. The van der Waals surface area contributed by atoms with Crippen molar-refractivity contribution in [2.75, 3.05) is 19.7 Å². The monoisotopic (exact) mass is 264 g/mol. The standard InChI is InChI=1S/C10H14F2N2O4/c1-2-17-8(15)10(11,12)18-14-7-4-3-5-13(6-7)9(14)16/h7H,2-6H2,1H3. The maximum atomic E-state index is 13.4. The van der Waals surface area contributed by atoms with Crippen molar-refractivity contribution >= 4 is 12.0 Å². The Labute approximate surface area is 102 Å². The van der Waals surface area contributed by atoms with E-state index in [9.17, 15) is 18.4 Å². The minimum atomic E-state index is -4.13. The number of rotatable bonds is 4. The topological polar surface area (TPSA) is 59.1 Å². The SMILES string of the molecule is CCOC(=O)C(F)(F)ON1C(=O)N2CCCC1C2. The lowest BCUT2D eigenvalue weighted by Crippen LogP contribution is -2.44. The molecule has 0 aromatic carbocycles. The Morgan fingerprint density at radius 3 is 2.89 bits per heavy atom. The average Bonchev–Trinajstić information content (AvgIpc) is 2.53. The number of esters is 1. The van der Waals surface area contributed by atoms with Crippen molar-refractivity contribution in [1.82, 2.24) is 9.96 Å². The molecule has 2 amide bonds. The third-order valence-electron chi connectivity index (χ3n) is 2.91. The molecule has 1 atom stereocenters. The summed E-state index contributed by atoms with van der Waals surface area (Å²) in [5.41, 5.74) is 0. The van der Waals surface area contributed by atoms with Gasteiger partial charge in [-0.05, 0) is 19.8 Å². The minimum Gasteiger partial charge on any atom is -0.460 e. The molecule has 0 N–H and O–H groups in total. The molecule has 2 heterocycles. The Balaban J connectivity index is 2.04. The van der Waals surface area contributed by atoms with Crippen molar-refractivity contribution in [3.63, 3.8) is 0 Å². The van der Waals surface area contributed by atoms with Crippen LogP contribution in [0.3, 0.4) is 0 Å². The Kier molecular flexibility index (Phi) is 3.38. The van der Waals surface area contributed by atoms with E-state index in [1.165, 1.54) is 11.8 Å². The van der Waals surface area contributed by atoms with Gasteiger partial charge in [-0.3, -0.25) is 0 Å². The Morgan fingerprint density at radius 1 is 1.56 bits per heavy atom. The molecule has 6 nitrogen and oxygen atoms in total. The first kappa shape index (κ1) is 13.0. The fourth-order valence-corrected chi connectivity index (χ4v) is 2.10. The van der Waals surface area contributed by atoms with E-state index in [1.807, 2.05) is 0 Å². The summed E-state index contributed by atoms with van der Waals surface area (Å²) in [6.45, 7) is 2.12. The summed E-state index contributed by atoms with van der Waals surface area (Å²) in [4.78, 5) is 28.4. The Bertz CT molecular complexity index is 364. The van der Waals surface area contributed by atoms with Gasteiger partial charge in [-0.15, -0.1) is 0 Å². The fourth-order valence-electron chi connectivity index (χ4n) is 2.10. The van der Waals surface area contributed by atoms with Crippen LogP contribution in [0.25, 0.3) is 0 Å². The van der Waals surface area contributed by atoms with Gasteiger partial charge in [0, 0.05) is 13.1 Å². The molecule has 0 radical (unpaired) electrons. The number of carbonyl (C=O) groups excluding carboxylic acids is 2. The summed E-state index contributed by atoms with van der Waals surface area (Å²) < 4.78 is 31.0. The van der Waals surface area contributed by atoms with Gasteiger partial charge in [0.1, 0.15) is 0 Å². The molecule has 8 heteroatoms. The van der Waals surface area contributed by atoms with Crippen LogP contribution in [0.5, 0.6) is 0 Å². The highest BCUT2D eigenvalue weighted by molar-refractivity contribution is 5.78. The zero-order chi connectivity index (χ0) is 13.3. The summed E-state index contributed by atoms with van der Waals surface area (Å²) in [5, 5.41) is 0.601. The number of nitrogens with zero attached hydrogens (tertiary/aromatic N) is 2. The van der Waals surface area contributed by atoms with Crippen molar-refractivity contribution in [1.29, 1.82) is 0 Å². The molecule has 18 heavy (non-hydrogen) atoms. The first-order valence-electron chi connectivity index (χ1n) is 5.78. The van der Waals surface area contributed by atoms with Crippen LogP contribution in [0.4, 0.5) is 13.6 Å². The molecule has 2 rings (SSSR count). The van der Waals surface area contributed by atoms with Gasteiger partial charge < -0.3 is 9.64 Å². The van der Waals surface area contributed by atoms with Crippen LogP contribution in [0.15, 0.2) is 0 Å². The predicted molar refractivity (Wildman–Crippen MR) is 54.5 cm³/mol. The van der Waals surface area contributed by atoms with Gasteiger partial charge in [0.05, 0.1) is 12.6 Å². The van der Waals surface area contributed by atoms with E-state index in [1.54, 1.807) is 0 Å². The number of fused-ring (bicyclic) bond motifs is 2. The van der Waals surface area contributed by atoms with Crippen molar-refractivity contribution in [2.45, 2.75) is 31.9 Å². The number of alkyl halides is 2. The molecule has 2 fully saturated rings. The number of amides is 2. The molecule has 2 bridgehead atoms. The van der Waals surface area contributed by atoms with Crippen molar-refractivity contribution in [3.8, 4) is 0 Å². The van der Waals surface area contributed by atoms with Gasteiger partial charge in [0.15, 0.2) is 0 Å². The van der Waals surface area contributed by atoms with Gasteiger partial charge in [0.25, 0.3) is 0 Å². The van der Waals surface area contributed by atoms with Crippen LogP contribution in [-0.2, 0) is 14.4 Å². The van der Waals surface area contributed by atoms with Gasteiger partial charge in [-0.2, -0.15) is 18.7 Å². The largest absolute Gasteiger partial charge is 0.477 e. The molecule has 1 unspecified atom stereocenters. The predicted octanol–water partition coefficient (Wildman–Crippen LogP) is 0.974. The van der Waals surface area contributed by atoms with Crippen molar-refractivity contribution < 1.29 is 27.9 Å². The highest BCUT2D eigenvalue weighted by atomic mass is 19.3. The quantitative estimate of drug-likeness (QED) is 0.710. The zero-order valence-electron chi connectivity index (χ0n) is 9.90. The second-order valence-corrected chi connectivity index (χ2v) is 4.18. The second kappa shape index (κ2) is 4.68. The molecule has 2 aliphatic rings. The highest BCUT2D eigenvalue weighted by Crippen LogP contribution is 2.30. The lowest BCUT2D eigenvalue weighted by Gasteiger charge is -2.24. The molecule has 0 aromatic heterocycles. The van der Waals surface area contributed by atoms with Crippen molar-refractivity contribution in [3.05, 3.63) is 0 Å². The molecular weight excluding hydrogens is 250 g/mol. The second-order valence-electron chi connectivity index (χ2n) is 4.18. The molecule has 102 valence electrons. The fraction of sp³-hybridized carbons (Fsp3) is 0.800. The van der Waals surface area contributed by atoms with Gasteiger partial charge >= 0.3 is 18.1 Å². The van der Waals surface area contributed by atoms with E-state index in [2.05, 4.69) is 9.57 Å². The molecule has 2 saturated heterocycles. The molecule has 2 aliphatic heterocycles. The number of hydrogen-bond donors (Lipinski definition) is 0. The van der Waals surface area contributed by atoms with Gasteiger partial charge in [-0.25, -0.2) is 9.59 Å². The molecular formula is C10H14F2N2O4. The van der Waals surface area contributed by atoms with Gasteiger partial charge in [0.2, 0.25) is 0 Å². The van der Waals surface area contributed by atoms with Crippen molar-refractivity contribution in [2.24, 2.45) is 0 Å². The van der Waals surface area contributed by atoms with E-state index in [0.29, 0.717) is 24.6 Å². The number of carbonyl (C=O) groups is 2. The van der Waals surface area contributed by atoms with Crippen LogP contribution in [0.1, 0.15) is 19.8 Å². The molecule has 0 aliphatic carbocycles. The van der Waals surface area contributed by atoms with E-state index >= 15 is 0 Å². The summed E-state index contributed by atoms with van der Waals surface area (Å²) in [6.07, 6.45) is -2.81. The lowest BCUT2D eigenvalue weighted by atomic mass is 10.1. The van der Waals surface area contributed by atoms with E-state index < -0.39 is 24.2 Å². The Hall–Kier alpha value is -1.44. The summed E-state index contributed by atoms with van der Waals surface area (Å²) in [7, 11) is 0. The first-order chi connectivity index (χ1) is 8.45. The van der Waals surface area contributed by atoms with Crippen LogP contribution in [0, 0.1) is 0 Å². The average molecular weight is 264 g/mol. The lowest BCUT2D eigenvalue weighted by molar-refractivity contribution is -0.329. The number of urea groups is 1. The first-order valence-corrected chi connectivity index (χ1v) is 5.78. The zero-order valence-corrected chi connectivity index (χ0v) is 9.90. The third kappa shape index (κ3) is 2.24. The highest BCUT2D eigenvalue weighted by Gasteiger charge is 2.51. The number of ether oxygens (including phenoxy) is 1. The summed E-state index contributed by atoms with van der Waals surface area (Å²) >= 11 is 0.